The van der Waals surface area contributed by atoms with Gasteiger partial charge in [-0.05, 0) is 40.5 Å². The number of ether oxygens (including phenoxy) is 1. The minimum absolute atomic E-state index is 0.0145. The molecule has 0 saturated heterocycles. The number of aliphatic hydroxyl groups is 1. The second kappa shape index (κ2) is 7.74. The van der Waals surface area contributed by atoms with Crippen LogP contribution in [0.3, 0.4) is 0 Å². The number of aliphatic hydroxyl groups excluding tert-OH is 1. The minimum atomic E-state index is 0.0145. The second-order valence-corrected chi connectivity index (χ2v) is 5.06. The Hall–Kier alpha value is -0.620. The summed E-state index contributed by atoms with van der Waals surface area (Å²) in [5, 5.41) is 9.11. The van der Waals surface area contributed by atoms with Gasteiger partial charge in [0.05, 0.1) is 18.9 Å². The van der Waals surface area contributed by atoms with Crippen LogP contribution in [0.4, 0.5) is 5.69 Å². The number of methoxy groups -OCH3 is 1. The lowest BCUT2D eigenvalue weighted by atomic mass is 10.1. The normalized spacial score (nSPS) is 12.5. The Balaban J connectivity index is 2.90. The molecule has 1 atom stereocenters. The van der Waals surface area contributed by atoms with Crippen molar-refractivity contribution in [2.75, 3.05) is 38.3 Å². The SMILES string of the molecule is COCCN(CCO)c1ccc(C(C)N)cc1Br. The zero-order valence-electron chi connectivity index (χ0n) is 10.9. The Bertz CT molecular complexity index is 372. The average molecular weight is 317 g/mol. The maximum absolute atomic E-state index is 9.11. The molecule has 0 spiro atoms. The lowest BCUT2D eigenvalue weighted by Gasteiger charge is -2.25. The van der Waals surface area contributed by atoms with Crippen LogP contribution in [0.2, 0.25) is 0 Å². The lowest BCUT2D eigenvalue weighted by Crippen LogP contribution is -2.30. The molecule has 102 valence electrons. The molecule has 5 heteroatoms. The second-order valence-electron chi connectivity index (χ2n) is 4.20. The number of hydrogen-bond donors (Lipinski definition) is 2. The van der Waals surface area contributed by atoms with E-state index in [9.17, 15) is 0 Å². The molecule has 0 aliphatic rings. The molecule has 0 heterocycles. The Morgan fingerprint density at radius 1 is 1.44 bits per heavy atom. The molecule has 0 aliphatic carbocycles. The van der Waals surface area contributed by atoms with Crippen LogP contribution in [-0.4, -0.2) is 38.5 Å². The van der Waals surface area contributed by atoms with Gasteiger partial charge in [0.1, 0.15) is 0 Å². The number of anilines is 1. The fourth-order valence-corrected chi connectivity index (χ4v) is 2.38. The largest absolute Gasteiger partial charge is 0.395 e. The highest BCUT2D eigenvalue weighted by molar-refractivity contribution is 9.10. The van der Waals surface area contributed by atoms with E-state index in [2.05, 4.69) is 20.8 Å². The van der Waals surface area contributed by atoms with Crippen LogP contribution in [0.25, 0.3) is 0 Å². The van der Waals surface area contributed by atoms with Crippen molar-refractivity contribution in [1.82, 2.24) is 0 Å². The van der Waals surface area contributed by atoms with Crippen LogP contribution >= 0.6 is 15.9 Å². The molecule has 0 fully saturated rings. The highest BCUT2D eigenvalue weighted by Gasteiger charge is 2.11. The molecular formula is C13H21BrN2O2. The maximum atomic E-state index is 9.11. The van der Waals surface area contributed by atoms with Crippen LogP contribution in [0, 0.1) is 0 Å². The maximum Gasteiger partial charge on any atom is 0.0637 e. The van der Waals surface area contributed by atoms with Crippen LogP contribution in [0.1, 0.15) is 18.5 Å². The van der Waals surface area contributed by atoms with Crippen molar-refractivity contribution in [2.24, 2.45) is 5.73 Å². The van der Waals surface area contributed by atoms with Gasteiger partial charge in [0.25, 0.3) is 0 Å². The van der Waals surface area contributed by atoms with E-state index in [1.807, 2.05) is 25.1 Å². The summed E-state index contributed by atoms with van der Waals surface area (Å²) in [6.07, 6.45) is 0. The fraction of sp³-hybridized carbons (Fsp3) is 0.538. The number of hydrogen-bond acceptors (Lipinski definition) is 4. The summed E-state index contributed by atoms with van der Waals surface area (Å²) in [4.78, 5) is 2.08. The third kappa shape index (κ3) is 4.24. The van der Waals surface area contributed by atoms with Crippen molar-refractivity contribution in [1.29, 1.82) is 0 Å². The van der Waals surface area contributed by atoms with Gasteiger partial charge in [-0.3, -0.25) is 0 Å². The summed E-state index contributed by atoms with van der Waals surface area (Å²) in [5.74, 6) is 0. The van der Waals surface area contributed by atoms with E-state index in [4.69, 9.17) is 15.6 Å². The lowest BCUT2D eigenvalue weighted by molar-refractivity contribution is 0.203. The fourth-order valence-electron chi connectivity index (χ4n) is 1.74. The Kier molecular flexibility index (Phi) is 6.63. The van der Waals surface area contributed by atoms with E-state index in [1.165, 1.54) is 0 Å². The zero-order chi connectivity index (χ0) is 13.5. The van der Waals surface area contributed by atoms with Crippen molar-refractivity contribution < 1.29 is 9.84 Å². The average Bonchev–Trinajstić information content (AvgIpc) is 2.34. The first-order chi connectivity index (χ1) is 8.60. The molecular weight excluding hydrogens is 296 g/mol. The third-order valence-electron chi connectivity index (χ3n) is 2.77. The Labute approximate surface area is 117 Å². The van der Waals surface area contributed by atoms with E-state index in [1.54, 1.807) is 7.11 Å². The first-order valence-corrected chi connectivity index (χ1v) is 6.79. The number of benzene rings is 1. The van der Waals surface area contributed by atoms with Gasteiger partial charge in [-0.2, -0.15) is 0 Å². The van der Waals surface area contributed by atoms with Crippen molar-refractivity contribution in [3.63, 3.8) is 0 Å². The molecule has 18 heavy (non-hydrogen) atoms. The summed E-state index contributed by atoms with van der Waals surface area (Å²) < 4.78 is 6.07. The van der Waals surface area contributed by atoms with Gasteiger partial charge in [0.2, 0.25) is 0 Å². The zero-order valence-corrected chi connectivity index (χ0v) is 12.5. The number of nitrogens with zero attached hydrogens (tertiary/aromatic N) is 1. The molecule has 4 nitrogen and oxygen atoms in total. The standard InChI is InChI=1S/C13H21BrN2O2/c1-10(15)11-3-4-13(12(14)9-11)16(5-7-17)6-8-18-2/h3-4,9-10,17H,5-8,15H2,1-2H3. The van der Waals surface area contributed by atoms with E-state index >= 15 is 0 Å². The highest BCUT2D eigenvalue weighted by Crippen LogP contribution is 2.28. The molecule has 0 aromatic heterocycles. The molecule has 1 rings (SSSR count). The van der Waals surface area contributed by atoms with Crippen molar-refractivity contribution in [3.05, 3.63) is 28.2 Å². The Morgan fingerprint density at radius 3 is 2.67 bits per heavy atom. The van der Waals surface area contributed by atoms with Crippen LogP contribution in [0.15, 0.2) is 22.7 Å². The predicted octanol–water partition coefficient (Wildman–Crippen LogP) is 1.91. The molecule has 0 bridgehead atoms. The Morgan fingerprint density at radius 2 is 2.17 bits per heavy atom. The van der Waals surface area contributed by atoms with Gasteiger partial charge < -0.3 is 20.5 Å². The summed E-state index contributed by atoms with van der Waals surface area (Å²) in [6.45, 7) is 4.03. The third-order valence-corrected chi connectivity index (χ3v) is 3.41. The molecule has 1 aromatic carbocycles. The molecule has 0 saturated carbocycles. The summed E-state index contributed by atoms with van der Waals surface area (Å²) in [5.41, 5.74) is 7.98. The molecule has 0 radical (unpaired) electrons. The van der Waals surface area contributed by atoms with E-state index in [0.717, 1.165) is 22.3 Å². The van der Waals surface area contributed by atoms with Gasteiger partial charge in [0.15, 0.2) is 0 Å². The monoisotopic (exact) mass is 316 g/mol. The summed E-state index contributed by atoms with van der Waals surface area (Å²) >= 11 is 3.56. The molecule has 0 aliphatic heterocycles. The molecule has 1 aromatic rings. The summed E-state index contributed by atoms with van der Waals surface area (Å²) in [7, 11) is 1.67. The highest BCUT2D eigenvalue weighted by atomic mass is 79.9. The number of nitrogens with two attached hydrogens (primary N) is 1. The van der Waals surface area contributed by atoms with Gasteiger partial charge in [-0.1, -0.05) is 6.07 Å². The van der Waals surface area contributed by atoms with Crippen molar-refractivity contribution in [2.45, 2.75) is 13.0 Å². The first kappa shape index (κ1) is 15.4. The van der Waals surface area contributed by atoms with E-state index in [0.29, 0.717) is 13.2 Å². The van der Waals surface area contributed by atoms with Crippen molar-refractivity contribution >= 4 is 21.6 Å². The molecule has 0 amide bonds. The van der Waals surface area contributed by atoms with Gasteiger partial charge >= 0.3 is 0 Å². The smallest absolute Gasteiger partial charge is 0.0637 e. The van der Waals surface area contributed by atoms with E-state index < -0.39 is 0 Å². The van der Waals surface area contributed by atoms with Crippen LogP contribution in [0.5, 0.6) is 0 Å². The van der Waals surface area contributed by atoms with Gasteiger partial charge in [-0.25, -0.2) is 0 Å². The van der Waals surface area contributed by atoms with E-state index in [-0.39, 0.29) is 12.6 Å². The van der Waals surface area contributed by atoms with Gasteiger partial charge in [-0.15, -0.1) is 0 Å². The topological polar surface area (TPSA) is 58.7 Å². The number of rotatable bonds is 7. The van der Waals surface area contributed by atoms with Crippen molar-refractivity contribution in [3.8, 4) is 0 Å². The number of halogens is 1. The summed E-state index contributed by atoms with van der Waals surface area (Å²) in [6, 6.07) is 6.08. The molecule has 3 N–H and O–H groups in total. The van der Waals surface area contributed by atoms with Crippen LogP contribution in [-0.2, 0) is 4.74 Å². The quantitative estimate of drug-likeness (QED) is 0.807. The van der Waals surface area contributed by atoms with Crippen LogP contribution < -0.4 is 10.6 Å². The minimum Gasteiger partial charge on any atom is -0.395 e. The predicted molar refractivity (Wildman–Crippen MR) is 77.9 cm³/mol. The first-order valence-electron chi connectivity index (χ1n) is 6.00. The molecule has 1 unspecified atom stereocenters. The van der Waals surface area contributed by atoms with Gasteiger partial charge in [0, 0.05) is 30.7 Å².